The Bertz CT molecular complexity index is 199. The van der Waals surface area contributed by atoms with Gasteiger partial charge in [-0.1, -0.05) is 0 Å². The van der Waals surface area contributed by atoms with Gasteiger partial charge in [0, 0.05) is 24.9 Å². The molecule has 0 unspecified atom stereocenters. The molecule has 1 fully saturated rings. The maximum Gasteiger partial charge on any atom is 0.110 e. The molecular formula is C8H13N3. The van der Waals surface area contributed by atoms with Crippen molar-refractivity contribution in [2.75, 3.05) is 13.1 Å². The van der Waals surface area contributed by atoms with Crippen molar-refractivity contribution in [1.82, 2.24) is 15.3 Å². The predicted molar refractivity (Wildman–Crippen MR) is 43.4 cm³/mol. The van der Waals surface area contributed by atoms with Gasteiger partial charge in [0.25, 0.3) is 0 Å². The first kappa shape index (κ1) is 6.85. The van der Waals surface area contributed by atoms with Crippen LogP contribution in [0.3, 0.4) is 0 Å². The van der Waals surface area contributed by atoms with Gasteiger partial charge < -0.3 is 10.3 Å². The van der Waals surface area contributed by atoms with E-state index in [9.17, 15) is 0 Å². The van der Waals surface area contributed by atoms with Crippen molar-refractivity contribution >= 4 is 0 Å². The number of aromatic amines is 1. The molecule has 1 aromatic rings. The molecule has 2 rings (SSSR count). The molecule has 3 nitrogen and oxygen atoms in total. The van der Waals surface area contributed by atoms with Crippen LogP contribution < -0.4 is 5.32 Å². The third kappa shape index (κ3) is 1.43. The number of rotatable bonds is 1. The average Bonchev–Trinajstić information content (AvgIpc) is 2.58. The third-order valence-electron chi connectivity index (χ3n) is 2.20. The molecule has 1 aliphatic rings. The molecule has 1 saturated heterocycles. The van der Waals surface area contributed by atoms with E-state index in [0.717, 1.165) is 18.9 Å². The van der Waals surface area contributed by atoms with Crippen molar-refractivity contribution < 1.29 is 0 Å². The summed E-state index contributed by atoms with van der Waals surface area (Å²) in [6.07, 6.45) is 6.25. The number of aromatic nitrogens is 2. The van der Waals surface area contributed by atoms with Crippen LogP contribution in [0, 0.1) is 0 Å². The molecule has 3 heteroatoms. The molecule has 0 radical (unpaired) electrons. The van der Waals surface area contributed by atoms with Crippen molar-refractivity contribution in [1.29, 1.82) is 0 Å². The Labute approximate surface area is 66.2 Å². The number of nitrogens with zero attached hydrogens (tertiary/aromatic N) is 1. The molecule has 0 aliphatic carbocycles. The lowest BCUT2D eigenvalue weighted by atomic mass is 9.99. The Kier molecular flexibility index (Phi) is 1.90. The fourth-order valence-electron chi connectivity index (χ4n) is 1.59. The first-order valence-electron chi connectivity index (χ1n) is 4.17. The Morgan fingerprint density at radius 3 is 3.18 bits per heavy atom. The number of H-pyrrole nitrogens is 1. The minimum atomic E-state index is 0.610. The van der Waals surface area contributed by atoms with E-state index in [0.29, 0.717) is 5.92 Å². The summed E-state index contributed by atoms with van der Waals surface area (Å²) in [6, 6.07) is 0. The average molecular weight is 151 g/mol. The molecule has 0 aromatic carbocycles. The van der Waals surface area contributed by atoms with Crippen LogP contribution in [0.25, 0.3) is 0 Å². The van der Waals surface area contributed by atoms with E-state index in [4.69, 9.17) is 0 Å². The number of nitrogens with one attached hydrogen (secondary N) is 2. The minimum absolute atomic E-state index is 0.610. The van der Waals surface area contributed by atoms with Gasteiger partial charge in [0.1, 0.15) is 5.82 Å². The molecule has 2 N–H and O–H groups in total. The van der Waals surface area contributed by atoms with Crippen LogP contribution in [-0.4, -0.2) is 23.1 Å². The van der Waals surface area contributed by atoms with Crippen molar-refractivity contribution in [2.24, 2.45) is 0 Å². The summed E-state index contributed by atoms with van der Waals surface area (Å²) < 4.78 is 0. The van der Waals surface area contributed by atoms with Crippen LogP contribution in [0.1, 0.15) is 24.6 Å². The summed E-state index contributed by atoms with van der Waals surface area (Å²) in [4.78, 5) is 7.40. The third-order valence-corrected chi connectivity index (χ3v) is 2.20. The standard InChI is InChI=1S/C8H13N3/c1-2-7(6-9-3-1)8-10-4-5-11-8/h4-5,7,9H,1-3,6H2,(H,10,11)/t7-/m0/s1. The van der Waals surface area contributed by atoms with E-state index in [2.05, 4.69) is 15.3 Å². The number of hydrogen-bond donors (Lipinski definition) is 2. The minimum Gasteiger partial charge on any atom is -0.348 e. The second-order valence-corrected chi connectivity index (χ2v) is 3.02. The highest BCUT2D eigenvalue weighted by Gasteiger charge is 2.16. The zero-order valence-corrected chi connectivity index (χ0v) is 6.51. The molecule has 1 aromatic heterocycles. The summed E-state index contributed by atoms with van der Waals surface area (Å²) in [5.41, 5.74) is 0. The number of hydrogen-bond acceptors (Lipinski definition) is 2. The van der Waals surface area contributed by atoms with Gasteiger partial charge in [0.15, 0.2) is 0 Å². The fraction of sp³-hybridized carbons (Fsp3) is 0.625. The van der Waals surface area contributed by atoms with Gasteiger partial charge in [0.05, 0.1) is 0 Å². The molecule has 0 saturated carbocycles. The van der Waals surface area contributed by atoms with Crippen LogP contribution in [0.5, 0.6) is 0 Å². The van der Waals surface area contributed by atoms with Crippen LogP contribution in [0.15, 0.2) is 12.4 Å². The zero-order valence-electron chi connectivity index (χ0n) is 6.51. The normalized spacial score (nSPS) is 25.3. The second kappa shape index (κ2) is 3.05. The van der Waals surface area contributed by atoms with E-state index in [1.807, 2.05) is 12.4 Å². The molecule has 60 valence electrons. The van der Waals surface area contributed by atoms with Crippen molar-refractivity contribution in [3.8, 4) is 0 Å². The van der Waals surface area contributed by atoms with Crippen LogP contribution in [-0.2, 0) is 0 Å². The summed E-state index contributed by atoms with van der Waals surface area (Å²) >= 11 is 0. The first-order valence-corrected chi connectivity index (χ1v) is 4.17. The molecule has 1 aliphatic heterocycles. The maximum atomic E-state index is 4.24. The van der Waals surface area contributed by atoms with Gasteiger partial charge in [0.2, 0.25) is 0 Å². The number of imidazole rings is 1. The highest BCUT2D eigenvalue weighted by molar-refractivity contribution is 4.99. The predicted octanol–water partition coefficient (Wildman–Crippen LogP) is 0.877. The van der Waals surface area contributed by atoms with Gasteiger partial charge >= 0.3 is 0 Å². The lowest BCUT2D eigenvalue weighted by Crippen LogP contribution is -2.28. The Balaban J connectivity index is 2.04. The Hall–Kier alpha value is -0.830. The smallest absolute Gasteiger partial charge is 0.110 e. The molecule has 1 atom stereocenters. The molecule has 0 spiro atoms. The molecule has 0 bridgehead atoms. The maximum absolute atomic E-state index is 4.24. The van der Waals surface area contributed by atoms with Gasteiger partial charge in [-0.25, -0.2) is 4.98 Å². The first-order chi connectivity index (χ1) is 5.47. The van der Waals surface area contributed by atoms with Gasteiger partial charge in [-0.05, 0) is 19.4 Å². The Morgan fingerprint density at radius 1 is 1.55 bits per heavy atom. The summed E-state index contributed by atoms with van der Waals surface area (Å²) in [7, 11) is 0. The summed E-state index contributed by atoms with van der Waals surface area (Å²) in [5, 5.41) is 3.36. The quantitative estimate of drug-likeness (QED) is 0.625. The van der Waals surface area contributed by atoms with E-state index in [-0.39, 0.29) is 0 Å². The highest BCUT2D eigenvalue weighted by atomic mass is 14.9. The zero-order chi connectivity index (χ0) is 7.52. The van der Waals surface area contributed by atoms with E-state index in [1.54, 1.807) is 0 Å². The SMILES string of the molecule is c1c[nH]c([C@H]2CCCNC2)n1. The van der Waals surface area contributed by atoms with E-state index >= 15 is 0 Å². The lowest BCUT2D eigenvalue weighted by molar-refractivity contribution is 0.449. The van der Waals surface area contributed by atoms with Gasteiger partial charge in [-0.2, -0.15) is 0 Å². The van der Waals surface area contributed by atoms with Crippen molar-refractivity contribution in [3.63, 3.8) is 0 Å². The Morgan fingerprint density at radius 2 is 2.55 bits per heavy atom. The summed E-state index contributed by atoms with van der Waals surface area (Å²) in [5.74, 6) is 1.75. The molecule has 0 amide bonds. The van der Waals surface area contributed by atoms with E-state index < -0.39 is 0 Å². The fourth-order valence-corrected chi connectivity index (χ4v) is 1.59. The van der Waals surface area contributed by atoms with Gasteiger partial charge in [-0.3, -0.25) is 0 Å². The van der Waals surface area contributed by atoms with Crippen LogP contribution >= 0.6 is 0 Å². The highest BCUT2D eigenvalue weighted by Crippen LogP contribution is 2.18. The summed E-state index contributed by atoms with van der Waals surface area (Å²) in [6.45, 7) is 2.24. The molecule has 11 heavy (non-hydrogen) atoms. The largest absolute Gasteiger partial charge is 0.348 e. The van der Waals surface area contributed by atoms with Crippen molar-refractivity contribution in [2.45, 2.75) is 18.8 Å². The van der Waals surface area contributed by atoms with Crippen molar-refractivity contribution in [3.05, 3.63) is 18.2 Å². The van der Waals surface area contributed by atoms with Gasteiger partial charge in [-0.15, -0.1) is 0 Å². The lowest BCUT2D eigenvalue weighted by Gasteiger charge is -2.20. The van der Waals surface area contributed by atoms with E-state index in [1.165, 1.54) is 12.8 Å². The van der Waals surface area contributed by atoms with Crippen LogP contribution in [0.4, 0.5) is 0 Å². The van der Waals surface area contributed by atoms with Crippen LogP contribution in [0.2, 0.25) is 0 Å². The second-order valence-electron chi connectivity index (χ2n) is 3.02. The monoisotopic (exact) mass is 151 g/mol. The molecular weight excluding hydrogens is 138 g/mol. The molecule has 2 heterocycles. The number of piperidine rings is 1. The topological polar surface area (TPSA) is 40.7 Å².